The third kappa shape index (κ3) is 1.23. The Kier molecular flexibility index (Phi) is 2.00. The number of halogens is 2. The average Bonchev–Trinajstić information content (AvgIpc) is 2.24. The number of anilines is 1. The summed E-state index contributed by atoms with van der Waals surface area (Å²) in [5.41, 5.74) is 2.93. The van der Waals surface area contributed by atoms with Crippen LogP contribution < -0.4 is 5.32 Å². The first-order chi connectivity index (χ1) is 6.03. The molecule has 13 heavy (non-hydrogen) atoms. The number of aryl methyl sites for hydroxylation is 1. The predicted octanol–water partition coefficient (Wildman–Crippen LogP) is 2.89. The molecule has 1 aromatic rings. The molecule has 0 unspecified atom stereocenters. The average molecular weight is 305 g/mol. The van der Waals surface area contributed by atoms with Crippen LogP contribution in [-0.2, 0) is 8.03 Å². The first-order valence-corrected chi connectivity index (χ1v) is 5.41. The van der Waals surface area contributed by atoms with Crippen LogP contribution in [0.15, 0.2) is 18.2 Å². The summed E-state index contributed by atoms with van der Waals surface area (Å²) in [6.45, 7) is 1.98. The molecule has 1 amide bonds. The Morgan fingerprint density at radius 1 is 1.38 bits per heavy atom. The van der Waals surface area contributed by atoms with Gasteiger partial charge in [-0.15, -0.1) is 0 Å². The maximum absolute atomic E-state index is 11.5. The van der Waals surface area contributed by atoms with Gasteiger partial charge in [-0.05, 0) is 18.6 Å². The van der Waals surface area contributed by atoms with E-state index in [-0.39, 0.29) is 5.91 Å². The van der Waals surface area contributed by atoms with Crippen molar-refractivity contribution >= 4 is 43.5 Å². The fourth-order valence-electron chi connectivity index (χ4n) is 1.50. The highest BCUT2D eigenvalue weighted by Gasteiger charge is 2.43. The van der Waals surface area contributed by atoms with E-state index in [0.717, 1.165) is 16.8 Å². The molecule has 2 nitrogen and oxygen atoms in total. The molecule has 0 fully saturated rings. The minimum atomic E-state index is -0.749. The second kappa shape index (κ2) is 2.82. The SMILES string of the molecule is Cc1cccc2c1C(Br)(Br)C(=O)N2. The minimum Gasteiger partial charge on any atom is -0.323 e. The lowest BCUT2D eigenvalue weighted by Gasteiger charge is -2.12. The van der Waals surface area contributed by atoms with Gasteiger partial charge in [0, 0.05) is 11.3 Å². The molecule has 1 N–H and O–H groups in total. The van der Waals surface area contributed by atoms with Crippen LogP contribution in [0, 0.1) is 6.92 Å². The summed E-state index contributed by atoms with van der Waals surface area (Å²) in [7, 11) is 0. The van der Waals surface area contributed by atoms with Gasteiger partial charge in [-0.1, -0.05) is 44.0 Å². The van der Waals surface area contributed by atoms with Crippen LogP contribution in [0.4, 0.5) is 5.69 Å². The Morgan fingerprint density at radius 2 is 2.08 bits per heavy atom. The fraction of sp³-hybridized carbons (Fsp3) is 0.222. The normalized spacial score (nSPS) is 18.2. The molecule has 0 radical (unpaired) electrons. The van der Waals surface area contributed by atoms with E-state index in [1.807, 2.05) is 25.1 Å². The molecule has 1 aromatic carbocycles. The fourth-order valence-corrected chi connectivity index (χ4v) is 2.75. The highest BCUT2D eigenvalue weighted by Crippen LogP contribution is 2.48. The first-order valence-electron chi connectivity index (χ1n) is 3.83. The Balaban J connectivity index is 2.70. The number of hydrogen-bond acceptors (Lipinski definition) is 1. The van der Waals surface area contributed by atoms with Crippen molar-refractivity contribution in [3.8, 4) is 0 Å². The van der Waals surface area contributed by atoms with E-state index in [9.17, 15) is 4.79 Å². The summed E-state index contributed by atoms with van der Waals surface area (Å²) in [6, 6.07) is 5.80. The zero-order valence-corrected chi connectivity index (χ0v) is 10.1. The number of rotatable bonds is 0. The van der Waals surface area contributed by atoms with Gasteiger partial charge in [0.15, 0.2) is 3.23 Å². The second-order valence-corrected chi connectivity index (χ2v) is 6.47. The van der Waals surface area contributed by atoms with E-state index in [1.165, 1.54) is 0 Å². The third-order valence-corrected chi connectivity index (χ3v) is 3.63. The number of benzene rings is 1. The van der Waals surface area contributed by atoms with Crippen molar-refractivity contribution in [3.05, 3.63) is 29.3 Å². The van der Waals surface area contributed by atoms with Gasteiger partial charge >= 0.3 is 0 Å². The number of carbonyl (C=O) groups excluding carboxylic acids is 1. The molecule has 0 atom stereocenters. The highest BCUT2D eigenvalue weighted by atomic mass is 79.9. The van der Waals surface area contributed by atoms with Crippen molar-refractivity contribution in [1.29, 1.82) is 0 Å². The maximum atomic E-state index is 11.5. The van der Waals surface area contributed by atoms with Crippen molar-refractivity contribution in [2.45, 2.75) is 10.2 Å². The van der Waals surface area contributed by atoms with Crippen molar-refractivity contribution < 1.29 is 4.79 Å². The van der Waals surface area contributed by atoms with Gasteiger partial charge in [0.05, 0.1) is 0 Å². The lowest BCUT2D eigenvalue weighted by molar-refractivity contribution is -0.115. The van der Waals surface area contributed by atoms with Crippen LogP contribution in [0.25, 0.3) is 0 Å². The molecule has 0 aliphatic carbocycles. The summed E-state index contributed by atoms with van der Waals surface area (Å²) in [5, 5.41) is 2.80. The van der Waals surface area contributed by atoms with Crippen molar-refractivity contribution in [2.24, 2.45) is 0 Å². The molecule has 1 aliphatic rings. The molecule has 1 aliphatic heterocycles. The van der Waals surface area contributed by atoms with Crippen molar-refractivity contribution in [2.75, 3.05) is 5.32 Å². The lowest BCUT2D eigenvalue weighted by atomic mass is 10.1. The van der Waals surface area contributed by atoms with Gasteiger partial charge in [0.25, 0.3) is 5.91 Å². The Hall–Kier alpha value is -0.350. The van der Waals surface area contributed by atoms with E-state index >= 15 is 0 Å². The summed E-state index contributed by atoms with van der Waals surface area (Å²) >= 11 is 6.72. The molecule has 0 spiro atoms. The minimum absolute atomic E-state index is 0.0724. The Morgan fingerprint density at radius 3 is 2.69 bits per heavy atom. The molecule has 0 saturated heterocycles. The molecule has 0 bridgehead atoms. The molecular weight excluding hydrogens is 298 g/mol. The van der Waals surface area contributed by atoms with Gasteiger partial charge in [-0.25, -0.2) is 0 Å². The van der Waals surface area contributed by atoms with E-state index in [4.69, 9.17) is 0 Å². The number of amides is 1. The van der Waals surface area contributed by atoms with Gasteiger partial charge in [-0.2, -0.15) is 0 Å². The molecule has 1 heterocycles. The van der Waals surface area contributed by atoms with Crippen LogP contribution in [0.5, 0.6) is 0 Å². The molecule has 0 saturated carbocycles. The Labute approximate surface area is 93.0 Å². The maximum Gasteiger partial charge on any atom is 0.256 e. The smallest absolute Gasteiger partial charge is 0.256 e. The van der Waals surface area contributed by atoms with Crippen molar-refractivity contribution in [3.63, 3.8) is 0 Å². The molecular formula is C9H7Br2NO. The third-order valence-electron chi connectivity index (χ3n) is 2.12. The topological polar surface area (TPSA) is 29.1 Å². The molecule has 0 aromatic heterocycles. The summed E-state index contributed by atoms with van der Waals surface area (Å²) in [4.78, 5) is 11.5. The number of hydrogen-bond donors (Lipinski definition) is 1. The molecule has 4 heteroatoms. The standard InChI is InChI=1S/C9H7Br2NO/c1-5-3-2-4-6-7(5)9(10,11)8(13)12-6/h2-4H,1H3,(H,12,13). The van der Waals surface area contributed by atoms with Crippen LogP contribution >= 0.6 is 31.9 Å². The van der Waals surface area contributed by atoms with Gasteiger partial charge < -0.3 is 5.32 Å². The van der Waals surface area contributed by atoms with Crippen LogP contribution in [-0.4, -0.2) is 5.91 Å². The number of carbonyl (C=O) groups is 1. The summed E-state index contributed by atoms with van der Waals surface area (Å²) in [6.07, 6.45) is 0. The quantitative estimate of drug-likeness (QED) is 0.734. The largest absolute Gasteiger partial charge is 0.323 e. The van der Waals surface area contributed by atoms with Gasteiger partial charge in [-0.3, -0.25) is 4.79 Å². The Bertz CT molecular complexity index is 387. The summed E-state index contributed by atoms with van der Waals surface area (Å²) in [5.74, 6) is -0.0724. The number of nitrogens with one attached hydrogen (secondary N) is 1. The van der Waals surface area contributed by atoms with E-state index in [2.05, 4.69) is 37.2 Å². The zero-order chi connectivity index (χ0) is 9.64. The van der Waals surface area contributed by atoms with Gasteiger partial charge in [0.2, 0.25) is 0 Å². The molecule has 68 valence electrons. The van der Waals surface area contributed by atoms with E-state index in [0.29, 0.717) is 0 Å². The van der Waals surface area contributed by atoms with Crippen LogP contribution in [0.3, 0.4) is 0 Å². The first kappa shape index (κ1) is 9.21. The predicted molar refractivity (Wildman–Crippen MR) is 59.3 cm³/mol. The summed E-state index contributed by atoms with van der Waals surface area (Å²) < 4.78 is -0.749. The van der Waals surface area contributed by atoms with Crippen molar-refractivity contribution in [1.82, 2.24) is 0 Å². The van der Waals surface area contributed by atoms with Crippen LogP contribution in [0.2, 0.25) is 0 Å². The van der Waals surface area contributed by atoms with Gasteiger partial charge in [0.1, 0.15) is 0 Å². The number of fused-ring (bicyclic) bond motifs is 1. The van der Waals surface area contributed by atoms with Crippen LogP contribution in [0.1, 0.15) is 11.1 Å². The van der Waals surface area contributed by atoms with E-state index < -0.39 is 3.23 Å². The lowest BCUT2D eigenvalue weighted by Crippen LogP contribution is -2.20. The monoisotopic (exact) mass is 303 g/mol. The number of alkyl halides is 2. The second-order valence-electron chi connectivity index (χ2n) is 3.03. The highest BCUT2D eigenvalue weighted by molar-refractivity contribution is 9.25. The van der Waals surface area contributed by atoms with E-state index in [1.54, 1.807) is 0 Å². The molecule has 2 rings (SSSR count). The zero-order valence-electron chi connectivity index (χ0n) is 6.90.